The summed E-state index contributed by atoms with van der Waals surface area (Å²) in [5.41, 5.74) is 9.67. The van der Waals surface area contributed by atoms with Crippen molar-refractivity contribution in [2.45, 2.75) is 13.1 Å². The van der Waals surface area contributed by atoms with Crippen molar-refractivity contribution in [3.8, 4) is 0 Å². The molecule has 2 rings (SSSR count). The molecule has 0 bridgehead atoms. The van der Waals surface area contributed by atoms with E-state index in [0.29, 0.717) is 0 Å². The molecule has 4 heteroatoms. The molecule has 2 aromatic rings. The van der Waals surface area contributed by atoms with Gasteiger partial charge in [-0.3, -0.25) is 9.88 Å². The lowest BCUT2D eigenvalue weighted by atomic mass is 10.2. The highest BCUT2D eigenvalue weighted by Gasteiger charge is 2.03. The van der Waals surface area contributed by atoms with Gasteiger partial charge in [0, 0.05) is 29.9 Å². The van der Waals surface area contributed by atoms with Crippen molar-refractivity contribution >= 4 is 17.0 Å². The first kappa shape index (κ1) is 11.1. The van der Waals surface area contributed by atoms with Crippen LogP contribution in [0.15, 0.2) is 36.0 Å². The molecule has 3 nitrogen and oxygen atoms in total. The zero-order chi connectivity index (χ0) is 11.4. The third-order valence-corrected chi connectivity index (χ3v) is 3.08. The molecule has 0 amide bonds. The molecule has 84 valence electrons. The van der Waals surface area contributed by atoms with Gasteiger partial charge in [-0.25, -0.2) is 0 Å². The number of benzene rings is 1. The van der Waals surface area contributed by atoms with Gasteiger partial charge in [0.1, 0.15) is 0 Å². The predicted molar refractivity (Wildman–Crippen MR) is 68.1 cm³/mol. The smallest absolute Gasteiger partial charge is 0.0794 e. The first-order valence-electron chi connectivity index (χ1n) is 5.14. The van der Waals surface area contributed by atoms with E-state index < -0.39 is 0 Å². The quantitative estimate of drug-likeness (QED) is 0.824. The normalized spacial score (nSPS) is 10.9. The van der Waals surface area contributed by atoms with Crippen LogP contribution >= 0.6 is 11.3 Å². The molecule has 0 aliphatic heterocycles. The summed E-state index contributed by atoms with van der Waals surface area (Å²) in [5.74, 6) is 0. The Morgan fingerprint density at radius 3 is 2.94 bits per heavy atom. The fourth-order valence-electron chi connectivity index (χ4n) is 1.65. The van der Waals surface area contributed by atoms with Crippen molar-refractivity contribution in [2.24, 2.45) is 0 Å². The Morgan fingerprint density at radius 2 is 2.25 bits per heavy atom. The minimum atomic E-state index is 0.823. The Labute approximate surface area is 99.5 Å². The van der Waals surface area contributed by atoms with E-state index in [0.717, 1.165) is 18.8 Å². The van der Waals surface area contributed by atoms with Crippen LogP contribution in [0.25, 0.3) is 0 Å². The fraction of sp³-hybridized carbons (Fsp3) is 0.250. The highest BCUT2D eigenvalue weighted by molar-refractivity contribution is 7.09. The zero-order valence-electron chi connectivity index (χ0n) is 9.26. The molecule has 0 atom stereocenters. The van der Waals surface area contributed by atoms with Gasteiger partial charge in [0.2, 0.25) is 0 Å². The molecular weight excluding hydrogens is 218 g/mol. The summed E-state index contributed by atoms with van der Waals surface area (Å²) >= 11 is 1.69. The van der Waals surface area contributed by atoms with Gasteiger partial charge in [0.25, 0.3) is 0 Å². The van der Waals surface area contributed by atoms with E-state index in [-0.39, 0.29) is 0 Å². The zero-order valence-corrected chi connectivity index (χ0v) is 10.1. The van der Waals surface area contributed by atoms with E-state index in [2.05, 4.69) is 23.0 Å². The van der Waals surface area contributed by atoms with Gasteiger partial charge in [0.15, 0.2) is 0 Å². The summed E-state index contributed by atoms with van der Waals surface area (Å²) in [6.45, 7) is 1.84. The summed E-state index contributed by atoms with van der Waals surface area (Å²) in [5, 5.41) is 0. The van der Waals surface area contributed by atoms with Gasteiger partial charge in [-0.1, -0.05) is 12.1 Å². The van der Waals surface area contributed by atoms with Crippen LogP contribution in [0.2, 0.25) is 0 Å². The van der Waals surface area contributed by atoms with Gasteiger partial charge >= 0.3 is 0 Å². The van der Waals surface area contributed by atoms with Crippen LogP contribution in [0.3, 0.4) is 0 Å². The number of hydrogen-bond donors (Lipinski definition) is 1. The molecule has 2 N–H and O–H groups in total. The SMILES string of the molecule is CN(Cc1cccc(N)c1)Cc1cncs1. The number of thiazole rings is 1. The minimum absolute atomic E-state index is 0.823. The second-order valence-corrected chi connectivity index (χ2v) is 4.86. The Kier molecular flexibility index (Phi) is 3.54. The van der Waals surface area contributed by atoms with Crippen molar-refractivity contribution in [2.75, 3.05) is 12.8 Å². The van der Waals surface area contributed by atoms with Gasteiger partial charge < -0.3 is 5.73 Å². The molecule has 1 heterocycles. The molecule has 0 radical (unpaired) electrons. The lowest BCUT2D eigenvalue weighted by Gasteiger charge is -2.15. The van der Waals surface area contributed by atoms with Crippen LogP contribution in [0.1, 0.15) is 10.4 Å². The standard InChI is InChI=1S/C12H15N3S/c1-15(8-12-6-14-9-16-12)7-10-3-2-4-11(13)5-10/h2-6,9H,7-8,13H2,1H3. The van der Waals surface area contributed by atoms with Gasteiger partial charge in [-0.05, 0) is 24.7 Å². The second-order valence-electron chi connectivity index (χ2n) is 3.89. The molecule has 0 aliphatic rings. The molecule has 1 aromatic heterocycles. The average molecular weight is 233 g/mol. The maximum Gasteiger partial charge on any atom is 0.0794 e. The summed E-state index contributed by atoms with van der Waals surface area (Å²) in [6.07, 6.45) is 1.92. The number of hydrogen-bond acceptors (Lipinski definition) is 4. The lowest BCUT2D eigenvalue weighted by molar-refractivity contribution is 0.322. The summed E-state index contributed by atoms with van der Waals surface area (Å²) in [4.78, 5) is 7.60. The van der Waals surface area contributed by atoms with Crippen LogP contribution in [-0.2, 0) is 13.1 Å². The van der Waals surface area contributed by atoms with Gasteiger partial charge in [0.05, 0.1) is 5.51 Å². The number of aromatic nitrogens is 1. The second kappa shape index (κ2) is 5.09. The van der Waals surface area contributed by atoms with Crippen molar-refractivity contribution in [1.82, 2.24) is 9.88 Å². The topological polar surface area (TPSA) is 42.1 Å². The molecular formula is C12H15N3S. The molecule has 0 saturated carbocycles. The summed E-state index contributed by atoms with van der Waals surface area (Å²) < 4.78 is 0. The van der Waals surface area contributed by atoms with Gasteiger partial charge in [-0.15, -0.1) is 11.3 Å². The van der Waals surface area contributed by atoms with Crippen LogP contribution in [0.5, 0.6) is 0 Å². The Morgan fingerprint density at radius 1 is 1.38 bits per heavy atom. The first-order valence-corrected chi connectivity index (χ1v) is 6.02. The van der Waals surface area contributed by atoms with Crippen LogP contribution in [0.4, 0.5) is 5.69 Å². The van der Waals surface area contributed by atoms with Crippen LogP contribution < -0.4 is 5.73 Å². The van der Waals surface area contributed by atoms with E-state index in [4.69, 9.17) is 5.73 Å². The van der Waals surface area contributed by atoms with Gasteiger partial charge in [-0.2, -0.15) is 0 Å². The molecule has 0 fully saturated rings. The summed E-state index contributed by atoms with van der Waals surface area (Å²) in [6, 6.07) is 8.01. The Hall–Kier alpha value is -1.39. The molecule has 0 unspecified atom stereocenters. The van der Waals surface area contributed by atoms with E-state index in [9.17, 15) is 0 Å². The third kappa shape index (κ3) is 3.05. The van der Waals surface area contributed by atoms with E-state index in [1.54, 1.807) is 11.3 Å². The maximum absolute atomic E-state index is 5.74. The van der Waals surface area contributed by atoms with E-state index in [1.165, 1.54) is 10.4 Å². The van der Waals surface area contributed by atoms with Crippen molar-refractivity contribution < 1.29 is 0 Å². The van der Waals surface area contributed by atoms with Crippen molar-refractivity contribution in [3.05, 3.63) is 46.4 Å². The fourth-order valence-corrected chi connectivity index (χ4v) is 2.32. The van der Waals surface area contributed by atoms with Crippen LogP contribution in [-0.4, -0.2) is 16.9 Å². The molecule has 0 aliphatic carbocycles. The third-order valence-electron chi connectivity index (χ3n) is 2.31. The highest BCUT2D eigenvalue weighted by atomic mass is 32.1. The van der Waals surface area contributed by atoms with E-state index >= 15 is 0 Å². The minimum Gasteiger partial charge on any atom is -0.399 e. The highest BCUT2D eigenvalue weighted by Crippen LogP contribution is 2.12. The molecule has 0 saturated heterocycles. The van der Waals surface area contributed by atoms with E-state index in [1.807, 2.05) is 29.9 Å². The van der Waals surface area contributed by atoms with Crippen molar-refractivity contribution in [3.63, 3.8) is 0 Å². The molecule has 1 aromatic carbocycles. The largest absolute Gasteiger partial charge is 0.399 e. The van der Waals surface area contributed by atoms with Crippen LogP contribution in [0, 0.1) is 0 Å². The summed E-state index contributed by atoms with van der Waals surface area (Å²) in [7, 11) is 2.10. The average Bonchev–Trinajstić information content (AvgIpc) is 2.70. The lowest BCUT2D eigenvalue weighted by Crippen LogP contribution is -2.16. The molecule has 0 spiro atoms. The molecule has 16 heavy (non-hydrogen) atoms. The first-order chi connectivity index (χ1) is 7.74. The van der Waals surface area contributed by atoms with Crippen molar-refractivity contribution in [1.29, 1.82) is 0 Å². The Balaban J connectivity index is 1.94. The number of anilines is 1. The predicted octanol–water partition coefficient (Wildman–Crippen LogP) is 2.36. The number of rotatable bonds is 4. The monoisotopic (exact) mass is 233 g/mol. The Bertz CT molecular complexity index is 439. The number of nitrogens with two attached hydrogens (primary N) is 1. The number of nitrogen functional groups attached to an aromatic ring is 1. The number of nitrogens with zero attached hydrogens (tertiary/aromatic N) is 2. The maximum atomic E-state index is 5.74.